The highest BCUT2D eigenvalue weighted by molar-refractivity contribution is 7.83. The van der Waals surface area contributed by atoms with Crippen molar-refractivity contribution in [2.75, 3.05) is 6.54 Å². The van der Waals surface area contributed by atoms with Crippen molar-refractivity contribution in [1.82, 2.24) is 9.71 Å². The van der Waals surface area contributed by atoms with E-state index in [1.165, 1.54) is 11.3 Å². The molecule has 1 heterocycles. The summed E-state index contributed by atoms with van der Waals surface area (Å²) >= 11 is 1.51. The lowest BCUT2D eigenvalue weighted by Gasteiger charge is -2.02. The van der Waals surface area contributed by atoms with Crippen molar-refractivity contribution in [2.45, 2.75) is 24.0 Å². The Labute approximate surface area is 178 Å². The van der Waals surface area contributed by atoms with Crippen LogP contribution in [0.4, 0.5) is 13.2 Å². The Balaban J connectivity index is 0.000000396. The standard InChI is InChI=1S/C17H14N2O2S2.C3H6F3N/c20-11-13-6-8-14(9-7-13)16-12-22-17(19-16)10-18-23(21)15-4-2-1-3-5-15;4-3(5,6)1-2-7/h1-9,11-12,18H,10H2;1-2,7H2. The van der Waals surface area contributed by atoms with E-state index in [1.54, 1.807) is 12.1 Å². The number of nitrogens with two attached hydrogens (primary N) is 1. The molecule has 30 heavy (non-hydrogen) atoms. The molecule has 0 aliphatic rings. The fraction of sp³-hybridized carbons (Fsp3) is 0.200. The molecular formula is C20H20F3N3O2S2. The Kier molecular flexibility index (Phi) is 9.31. The summed E-state index contributed by atoms with van der Waals surface area (Å²) in [5.41, 5.74) is 7.05. The van der Waals surface area contributed by atoms with Gasteiger partial charge in [-0.25, -0.2) is 13.9 Å². The topological polar surface area (TPSA) is 85.1 Å². The molecule has 5 nitrogen and oxygen atoms in total. The second kappa shape index (κ2) is 11.7. The van der Waals surface area contributed by atoms with Gasteiger partial charge in [-0.2, -0.15) is 13.2 Å². The number of hydrogen-bond acceptors (Lipinski definition) is 5. The van der Waals surface area contributed by atoms with Gasteiger partial charge < -0.3 is 5.73 Å². The largest absolute Gasteiger partial charge is 0.390 e. The number of aromatic nitrogens is 1. The molecule has 0 amide bonds. The van der Waals surface area contributed by atoms with E-state index in [1.807, 2.05) is 47.8 Å². The highest BCUT2D eigenvalue weighted by Crippen LogP contribution is 2.22. The quantitative estimate of drug-likeness (QED) is 0.519. The molecule has 3 aromatic rings. The third-order valence-corrected chi connectivity index (χ3v) is 5.59. The smallest absolute Gasteiger partial charge is 0.330 e. The van der Waals surface area contributed by atoms with Gasteiger partial charge in [0.15, 0.2) is 0 Å². The van der Waals surface area contributed by atoms with E-state index in [2.05, 4.69) is 15.4 Å². The summed E-state index contributed by atoms with van der Waals surface area (Å²) in [5, 5.41) is 2.82. The van der Waals surface area contributed by atoms with Crippen molar-refractivity contribution in [3.05, 3.63) is 70.5 Å². The number of halogens is 3. The Hall–Kier alpha value is -2.40. The van der Waals surface area contributed by atoms with Crippen molar-refractivity contribution in [3.8, 4) is 11.3 Å². The van der Waals surface area contributed by atoms with Gasteiger partial charge in [0.25, 0.3) is 0 Å². The van der Waals surface area contributed by atoms with Crippen LogP contribution in [0.25, 0.3) is 11.3 Å². The second-order valence-electron chi connectivity index (χ2n) is 5.92. The van der Waals surface area contributed by atoms with Gasteiger partial charge in [-0.05, 0) is 12.1 Å². The highest BCUT2D eigenvalue weighted by atomic mass is 32.2. The van der Waals surface area contributed by atoms with Crippen LogP contribution in [0.5, 0.6) is 0 Å². The van der Waals surface area contributed by atoms with Crippen LogP contribution < -0.4 is 10.5 Å². The van der Waals surface area contributed by atoms with Crippen LogP contribution in [0, 0.1) is 0 Å². The zero-order chi connectivity index (χ0) is 22.0. The maximum Gasteiger partial charge on any atom is 0.390 e. The van der Waals surface area contributed by atoms with Gasteiger partial charge >= 0.3 is 6.18 Å². The Morgan fingerprint density at radius 3 is 2.30 bits per heavy atom. The lowest BCUT2D eigenvalue weighted by Crippen LogP contribution is -2.16. The molecular weight excluding hydrogens is 435 g/mol. The number of alkyl halides is 3. The van der Waals surface area contributed by atoms with Gasteiger partial charge in [0.1, 0.15) is 22.3 Å². The first-order valence-electron chi connectivity index (χ1n) is 8.79. The molecule has 0 fully saturated rings. The van der Waals surface area contributed by atoms with Gasteiger partial charge in [-0.3, -0.25) is 4.79 Å². The van der Waals surface area contributed by atoms with Gasteiger partial charge in [0.05, 0.1) is 23.6 Å². The minimum Gasteiger partial charge on any atom is -0.330 e. The molecule has 0 aliphatic heterocycles. The monoisotopic (exact) mass is 455 g/mol. The third-order valence-electron chi connectivity index (χ3n) is 3.63. The summed E-state index contributed by atoms with van der Waals surface area (Å²) in [5.74, 6) is 0. The number of nitrogens with one attached hydrogen (secondary N) is 1. The predicted octanol–water partition coefficient (Wildman–Crippen LogP) is 4.33. The number of carbonyl (C=O) groups is 1. The summed E-state index contributed by atoms with van der Waals surface area (Å²) < 4.78 is 48.0. The summed E-state index contributed by atoms with van der Waals surface area (Å²) in [7, 11) is -1.25. The average Bonchev–Trinajstić information content (AvgIpc) is 3.21. The first kappa shape index (κ1) is 23.9. The molecule has 0 saturated carbocycles. The van der Waals surface area contributed by atoms with Crippen molar-refractivity contribution in [1.29, 1.82) is 0 Å². The number of aldehydes is 1. The lowest BCUT2D eigenvalue weighted by atomic mass is 10.1. The van der Waals surface area contributed by atoms with Crippen LogP contribution in [0.1, 0.15) is 21.8 Å². The number of rotatable bonds is 7. The van der Waals surface area contributed by atoms with Gasteiger partial charge in [0.2, 0.25) is 0 Å². The van der Waals surface area contributed by atoms with Crippen molar-refractivity contribution < 1.29 is 22.2 Å². The molecule has 1 aromatic heterocycles. The minimum atomic E-state index is -4.07. The molecule has 160 valence electrons. The molecule has 1 unspecified atom stereocenters. The molecule has 2 aromatic carbocycles. The first-order valence-corrected chi connectivity index (χ1v) is 10.8. The fourth-order valence-electron chi connectivity index (χ4n) is 2.18. The van der Waals surface area contributed by atoms with Crippen LogP contribution in [0.15, 0.2) is 64.9 Å². The Bertz CT molecular complexity index is 946. The van der Waals surface area contributed by atoms with E-state index in [4.69, 9.17) is 0 Å². The van der Waals surface area contributed by atoms with E-state index in [-0.39, 0.29) is 6.54 Å². The molecule has 3 rings (SSSR count). The molecule has 0 aliphatic carbocycles. The number of carbonyl (C=O) groups excluding carboxylic acids is 1. The number of benzene rings is 2. The predicted molar refractivity (Wildman–Crippen MR) is 112 cm³/mol. The number of hydrogen-bond donors (Lipinski definition) is 2. The summed E-state index contributed by atoms with van der Waals surface area (Å²) in [6, 6.07) is 16.5. The zero-order valence-electron chi connectivity index (χ0n) is 15.8. The van der Waals surface area contributed by atoms with E-state index < -0.39 is 23.6 Å². The van der Waals surface area contributed by atoms with Crippen molar-refractivity contribution in [2.24, 2.45) is 5.73 Å². The van der Waals surface area contributed by atoms with E-state index in [0.29, 0.717) is 12.1 Å². The minimum absolute atomic E-state index is 0.316. The maximum absolute atomic E-state index is 12.1. The summed E-state index contributed by atoms with van der Waals surface area (Å²) in [6.45, 7) is 0.127. The van der Waals surface area contributed by atoms with Crippen LogP contribution >= 0.6 is 11.3 Å². The van der Waals surface area contributed by atoms with Crippen molar-refractivity contribution >= 4 is 28.6 Å². The SMILES string of the molecule is NCCC(F)(F)F.O=Cc1ccc(-c2csc(CNS(=O)c3ccccc3)n2)cc1. The Morgan fingerprint density at radius 1 is 1.10 bits per heavy atom. The van der Waals surface area contributed by atoms with E-state index >= 15 is 0 Å². The molecule has 3 N–H and O–H groups in total. The molecule has 10 heteroatoms. The number of thiazole rings is 1. The maximum atomic E-state index is 12.1. The van der Waals surface area contributed by atoms with Crippen molar-refractivity contribution in [3.63, 3.8) is 0 Å². The average molecular weight is 456 g/mol. The van der Waals surface area contributed by atoms with E-state index in [9.17, 15) is 22.2 Å². The normalized spacial score (nSPS) is 12.0. The summed E-state index contributed by atoms with van der Waals surface area (Å²) in [4.78, 5) is 16.0. The van der Waals surface area contributed by atoms with Crippen LogP contribution in [0.3, 0.4) is 0 Å². The van der Waals surface area contributed by atoms with Crippen LogP contribution in [-0.4, -0.2) is 28.2 Å². The first-order chi connectivity index (χ1) is 14.3. The van der Waals surface area contributed by atoms with Gasteiger partial charge in [-0.1, -0.05) is 42.5 Å². The number of nitrogens with zero attached hydrogens (tertiary/aromatic N) is 1. The Morgan fingerprint density at radius 2 is 1.77 bits per heavy atom. The molecule has 1 atom stereocenters. The fourth-order valence-corrected chi connectivity index (χ4v) is 3.85. The summed E-state index contributed by atoms with van der Waals surface area (Å²) in [6.07, 6.45) is -4.14. The van der Waals surface area contributed by atoms with Crippen LogP contribution in [0.2, 0.25) is 0 Å². The second-order valence-corrected chi connectivity index (χ2v) is 8.16. The molecule has 0 bridgehead atoms. The van der Waals surface area contributed by atoms with Gasteiger partial charge in [0, 0.05) is 23.1 Å². The highest BCUT2D eigenvalue weighted by Gasteiger charge is 2.24. The third kappa shape index (κ3) is 8.15. The molecule has 0 spiro atoms. The molecule has 0 saturated heterocycles. The lowest BCUT2D eigenvalue weighted by molar-refractivity contribution is -0.132. The zero-order valence-corrected chi connectivity index (χ0v) is 17.4. The van der Waals surface area contributed by atoms with E-state index in [0.717, 1.165) is 27.4 Å². The van der Waals surface area contributed by atoms with Crippen LogP contribution in [-0.2, 0) is 17.5 Å². The van der Waals surface area contributed by atoms with Gasteiger partial charge in [-0.15, -0.1) is 11.3 Å². The molecule has 0 radical (unpaired) electrons.